The summed E-state index contributed by atoms with van der Waals surface area (Å²) in [7, 11) is 0. The predicted octanol–water partition coefficient (Wildman–Crippen LogP) is 2.65. The van der Waals surface area contributed by atoms with E-state index >= 15 is 0 Å². The smallest absolute Gasteiger partial charge is 0.126 e. The first-order valence-corrected chi connectivity index (χ1v) is 5.46. The second-order valence-electron chi connectivity index (χ2n) is 3.96. The zero-order valence-corrected chi connectivity index (χ0v) is 9.93. The first-order valence-electron chi connectivity index (χ1n) is 5.46. The molecule has 0 bridgehead atoms. The number of ether oxygens (including phenoxy) is 1. The molecule has 0 amide bonds. The number of rotatable bonds is 7. The van der Waals surface area contributed by atoms with Gasteiger partial charge >= 0.3 is 0 Å². The van der Waals surface area contributed by atoms with Crippen LogP contribution < -0.4 is 5.32 Å². The molecule has 0 aliphatic heterocycles. The van der Waals surface area contributed by atoms with Crippen molar-refractivity contribution in [3.05, 3.63) is 47.5 Å². The maximum atomic E-state index is 12.8. The normalized spacial score (nSPS) is 10.5. The average Bonchev–Trinajstić information content (AvgIpc) is 2.21. The molecule has 0 aliphatic carbocycles. The van der Waals surface area contributed by atoms with E-state index in [1.807, 2.05) is 6.92 Å². The van der Waals surface area contributed by atoms with Crippen molar-refractivity contribution in [2.45, 2.75) is 13.5 Å². The van der Waals surface area contributed by atoms with Gasteiger partial charge in [-0.05, 0) is 24.6 Å². The van der Waals surface area contributed by atoms with Crippen LogP contribution in [0.15, 0.2) is 30.4 Å². The van der Waals surface area contributed by atoms with Crippen LogP contribution in [-0.4, -0.2) is 19.8 Å². The Morgan fingerprint density at radius 1 is 1.29 bits per heavy atom. The van der Waals surface area contributed by atoms with E-state index in [2.05, 4.69) is 11.9 Å². The molecule has 0 aromatic heterocycles. The molecule has 0 saturated carbocycles. The lowest BCUT2D eigenvalue weighted by Crippen LogP contribution is -2.19. The number of hydrogen-bond donors (Lipinski definition) is 1. The van der Waals surface area contributed by atoms with Gasteiger partial charge in [0.15, 0.2) is 0 Å². The summed E-state index contributed by atoms with van der Waals surface area (Å²) in [6.07, 6.45) is 0. The molecule has 1 aromatic carbocycles. The Morgan fingerprint density at radius 2 is 1.94 bits per heavy atom. The highest BCUT2D eigenvalue weighted by Gasteiger charge is 1.99. The van der Waals surface area contributed by atoms with Crippen LogP contribution in [-0.2, 0) is 11.3 Å². The number of halogens is 2. The first kappa shape index (κ1) is 13.8. The van der Waals surface area contributed by atoms with Crippen molar-refractivity contribution in [1.82, 2.24) is 5.32 Å². The van der Waals surface area contributed by atoms with Gasteiger partial charge < -0.3 is 10.1 Å². The molecule has 17 heavy (non-hydrogen) atoms. The predicted molar refractivity (Wildman–Crippen MR) is 63.7 cm³/mol. The van der Waals surface area contributed by atoms with Crippen LogP contribution in [0, 0.1) is 11.6 Å². The van der Waals surface area contributed by atoms with Crippen LogP contribution >= 0.6 is 0 Å². The summed E-state index contributed by atoms with van der Waals surface area (Å²) in [6.45, 7) is 7.74. The Bertz CT molecular complexity index is 359. The number of hydrogen-bond acceptors (Lipinski definition) is 2. The summed E-state index contributed by atoms with van der Waals surface area (Å²) >= 11 is 0. The van der Waals surface area contributed by atoms with E-state index in [-0.39, 0.29) is 0 Å². The monoisotopic (exact) mass is 241 g/mol. The fraction of sp³-hybridized carbons (Fsp3) is 0.385. The van der Waals surface area contributed by atoms with Gasteiger partial charge in [-0.2, -0.15) is 0 Å². The summed E-state index contributed by atoms with van der Waals surface area (Å²) < 4.78 is 31.0. The molecule has 4 heteroatoms. The van der Waals surface area contributed by atoms with E-state index in [0.29, 0.717) is 31.9 Å². The van der Waals surface area contributed by atoms with Crippen molar-refractivity contribution in [2.24, 2.45) is 0 Å². The first-order chi connectivity index (χ1) is 8.08. The summed E-state index contributed by atoms with van der Waals surface area (Å²) in [5.74, 6) is -1.11. The van der Waals surface area contributed by atoms with Gasteiger partial charge in [-0.3, -0.25) is 0 Å². The van der Waals surface area contributed by atoms with E-state index in [9.17, 15) is 8.78 Å². The van der Waals surface area contributed by atoms with Crippen LogP contribution in [0.4, 0.5) is 8.78 Å². The maximum Gasteiger partial charge on any atom is 0.126 e. The second kappa shape index (κ2) is 7.14. The van der Waals surface area contributed by atoms with Gasteiger partial charge in [0.05, 0.1) is 13.2 Å². The Kier molecular flexibility index (Phi) is 5.80. The maximum absolute atomic E-state index is 12.8. The molecule has 0 spiro atoms. The van der Waals surface area contributed by atoms with E-state index in [1.165, 1.54) is 12.1 Å². The van der Waals surface area contributed by atoms with Gasteiger partial charge in [0.25, 0.3) is 0 Å². The van der Waals surface area contributed by atoms with Gasteiger partial charge in [0.1, 0.15) is 11.6 Å². The number of benzene rings is 1. The molecule has 0 heterocycles. The van der Waals surface area contributed by atoms with E-state index in [0.717, 1.165) is 11.6 Å². The number of nitrogens with one attached hydrogen (secondary N) is 1. The quantitative estimate of drug-likeness (QED) is 0.585. The Morgan fingerprint density at radius 3 is 2.53 bits per heavy atom. The minimum atomic E-state index is -0.555. The molecule has 1 rings (SSSR count). The van der Waals surface area contributed by atoms with Crippen molar-refractivity contribution in [2.75, 3.05) is 19.8 Å². The van der Waals surface area contributed by atoms with E-state index < -0.39 is 11.6 Å². The topological polar surface area (TPSA) is 21.3 Å². The van der Waals surface area contributed by atoms with Gasteiger partial charge in [0.2, 0.25) is 0 Å². The molecular weight excluding hydrogens is 224 g/mol. The summed E-state index contributed by atoms with van der Waals surface area (Å²) in [6, 6.07) is 3.48. The van der Waals surface area contributed by atoms with E-state index in [1.54, 1.807) is 0 Å². The Balaban J connectivity index is 2.20. The van der Waals surface area contributed by atoms with Gasteiger partial charge in [-0.1, -0.05) is 12.2 Å². The zero-order chi connectivity index (χ0) is 12.7. The third-order valence-corrected chi connectivity index (χ3v) is 2.02. The molecular formula is C13H17F2NO. The Hall–Kier alpha value is -1.26. The summed E-state index contributed by atoms with van der Waals surface area (Å²) in [4.78, 5) is 0. The standard InChI is InChI=1S/C13H17F2NO/c1-10(2)9-17-4-3-16-8-11-5-12(14)7-13(15)6-11/h5-7,16H,1,3-4,8-9H2,2H3. The molecule has 0 saturated heterocycles. The summed E-state index contributed by atoms with van der Waals surface area (Å²) in [5, 5.41) is 3.04. The van der Waals surface area contributed by atoms with Gasteiger partial charge in [0, 0.05) is 19.2 Å². The third-order valence-electron chi connectivity index (χ3n) is 2.02. The second-order valence-corrected chi connectivity index (χ2v) is 3.96. The fourth-order valence-corrected chi connectivity index (χ4v) is 1.34. The minimum absolute atomic E-state index is 0.422. The van der Waals surface area contributed by atoms with Crippen LogP contribution in [0.3, 0.4) is 0 Å². The lowest BCUT2D eigenvalue weighted by atomic mass is 10.2. The molecule has 0 aliphatic rings. The molecule has 1 aromatic rings. The fourth-order valence-electron chi connectivity index (χ4n) is 1.34. The molecule has 2 nitrogen and oxygen atoms in total. The van der Waals surface area contributed by atoms with Crippen LogP contribution in [0.1, 0.15) is 12.5 Å². The molecule has 1 N–H and O–H groups in total. The van der Waals surface area contributed by atoms with Crippen molar-refractivity contribution >= 4 is 0 Å². The van der Waals surface area contributed by atoms with Crippen LogP contribution in [0.25, 0.3) is 0 Å². The van der Waals surface area contributed by atoms with Crippen molar-refractivity contribution in [3.63, 3.8) is 0 Å². The molecule has 0 fully saturated rings. The summed E-state index contributed by atoms with van der Waals surface area (Å²) in [5.41, 5.74) is 1.56. The average molecular weight is 241 g/mol. The minimum Gasteiger partial charge on any atom is -0.376 e. The highest BCUT2D eigenvalue weighted by atomic mass is 19.1. The Labute approximate surface area is 100 Å². The van der Waals surface area contributed by atoms with Crippen LogP contribution in [0.5, 0.6) is 0 Å². The third kappa shape index (κ3) is 6.14. The van der Waals surface area contributed by atoms with Gasteiger partial charge in [-0.25, -0.2) is 8.78 Å². The van der Waals surface area contributed by atoms with E-state index in [4.69, 9.17) is 4.74 Å². The SMILES string of the molecule is C=C(C)COCCNCc1cc(F)cc(F)c1. The van der Waals surface area contributed by atoms with Crippen molar-refractivity contribution in [1.29, 1.82) is 0 Å². The molecule has 94 valence electrons. The van der Waals surface area contributed by atoms with Crippen molar-refractivity contribution < 1.29 is 13.5 Å². The highest BCUT2D eigenvalue weighted by molar-refractivity contribution is 5.17. The zero-order valence-electron chi connectivity index (χ0n) is 9.93. The lowest BCUT2D eigenvalue weighted by Gasteiger charge is -2.06. The van der Waals surface area contributed by atoms with Gasteiger partial charge in [-0.15, -0.1) is 0 Å². The van der Waals surface area contributed by atoms with Crippen LogP contribution in [0.2, 0.25) is 0 Å². The lowest BCUT2D eigenvalue weighted by molar-refractivity contribution is 0.157. The molecule has 0 unspecified atom stereocenters. The molecule has 0 radical (unpaired) electrons. The largest absolute Gasteiger partial charge is 0.376 e. The van der Waals surface area contributed by atoms with Crippen molar-refractivity contribution in [3.8, 4) is 0 Å². The highest BCUT2D eigenvalue weighted by Crippen LogP contribution is 2.07. The molecule has 0 atom stereocenters.